The van der Waals surface area contributed by atoms with Crippen LogP contribution in [-0.2, 0) is 28.7 Å². The molecule has 2 aromatic rings. The van der Waals surface area contributed by atoms with Crippen LogP contribution in [0, 0.1) is 12.8 Å². The molecule has 2 rings (SSSR count). The molecule has 166 valence electrons. The first-order chi connectivity index (χ1) is 14.5. The van der Waals surface area contributed by atoms with E-state index in [1.54, 1.807) is 12.1 Å². The zero-order valence-electron chi connectivity index (χ0n) is 17.1. The molecule has 2 amide bonds. The molecule has 0 heterocycles. The Morgan fingerprint density at radius 2 is 1.68 bits per heavy atom. The Bertz CT molecular complexity index is 904. The van der Waals surface area contributed by atoms with Crippen LogP contribution in [0.3, 0.4) is 0 Å². The SMILES string of the molecule is Cc1ccc(CC(NC(=O)C(C)C(=O)NCc2cccc(C(F)(F)F)c2)B(O)O)cc1. The van der Waals surface area contributed by atoms with Gasteiger partial charge in [-0.15, -0.1) is 0 Å². The van der Waals surface area contributed by atoms with Crippen LogP contribution in [0.1, 0.15) is 29.2 Å². The maximum absolute atomic E-state index is 12.8. The highest BCUT2D eigenvalue weighted by Crippen LogP contribution is 2.29. The van der Waals surface area contributed by atoms with Gasteiger partial charge in [-0.3, -0.25) is 9.59 Å². The Morgan fingerprint density at radius 1 is 1.03 bits per heavy atom. The van der Waals surface area contributed by atoms with E-state index in [1.165, 1.54) is 19.1 Å². The number of rotatable bonds is 8. The van der Waals surface area contributed by atoms with Gasteiger partial charge in [0.25, 0.3) is 0 Å². The number of alkyl halides is 3. The maximum Gasteiger partial charge on any atom is 0.475 e. The predicted octanol–water partition coefficient (Wildman–Crippen LogP) is 2.01. The third-order valence-electron chi connectivity index (χ3n) is 4.77. The lowest BCUT2D eigenvalue weighted by molar-refractivity contribution is -0.137. The summed E-state index contributed by atoms with van der Waals surface area (Å²) in [7, 11) is -1.84. The highest BCUT2D eigenvalue weighted by Gasteiger charge is 2.31. The first-order valence-corrected chi connectivity index (χ1v) is 9.63. The lowest BCUT2D eigenvalue weighted by atomic mass is 9.75. The molecule has 10 heteroatoms. The van der Waals surface area contributed by atoms with Crippen molar-refractivity contribution in [2.24, 2.45) is 5.92 Å². The van der Waals surface area contributed by atoms with E-state index in [4.69, 9.17) is 0 Å². The fourth-order valence-electron chi connectivity index (χ4n) is 2.84. The number of halogens is 3. The quantitative estimate of drug-likeness (QED) is 0.376. The topological polar surface area (TPSA) is 98.7 Å². The molecule has 0 saturated carbocycles. The summed E-state index contributed by atoms with van der Waals surface area (Å²) in [5, 5.41) is 24.0. The Labute approximate surface area is 178 Å². The van der Waals surface area contributed by atoms with E-state index in [-0.39, 0.29) is 18.5 Å². The van der Waals surface area contributed by atoms with Gasteiger partial charge in [-0.05, 0) is 43.5 Å². The summed E-state index contributed by atoms with van der Waals surface area (Å²) in [6.07, 6.45) is -4.35. The molecular formula is C21H24BF3N2O4. The second kappa shape index (κ2) is 10.5. The minimum Gasteiger partial charge on any atom is -0.426 e. The predicted molar refractivity (Wildman–Crippen MR) is 109 cm³/mol. The number of aryl methyl sites for hydroxylation is 1. The fourth-order valence-corrected chi connectivity index (χ4v) is 2.84. The standard InChI is InChI=1S/C21H24BF3N2O4/c1-13-6-8-15(9-7-13)11-18(22(30)31)27-20(29)14(2)19(28)26-12-16-4-3-5-17(10-16)21(23,24)25/h3-10,14,18,30-31H,11-12H2,1-2H3,(H,26,28)(H,27,29). The lowest BCUT2D eigenvalue weighted by Crippen LogP contribution is -2.51. The summed E-state index contributed by atoms with van der Waals surface area (Å²) in [6, 6.07) is 11.8. The lowest BCUT2D eigenvalue weighted by Gasteiger charge is -2.20. The van der Waals surface area contributed by atoms with Crippen molar-refractivity contribution in [2.75, 3.05) is 0 Å². The van der Waals surface area contributed by atoms with Gasteiger partial charge >= 0.3 is 13.3 Å². The smallest absolute Gasteiger partial charge is 0.426 e. The van der Waals surface area contributed by atoms with E-state index >= 15 is 0 Å². The third kappa shape index (κ3) is 7.41. The van der Waals surface area contributed by atoms with Gasteiger partial charge in [0.15, 0.2) is 0 Å². The Hall–Kier alpha value is -2.85. The van der Waals surface area contributed by atoms with Crippen molar-refractivity contribution in [3.63, 3.8) is 0 Å². The van der Waals surface area contributed by atoms with Crippen molar-refractivity contribution < 1.29 is 32.8 Å². The van der Waals surface area contributed by atoms with Gasteiger partial charge in [0, 0.05) is 6.54 Å². The van der Waals surface area contributed by atoms with Crippen LogP contribution >= 0.6 is 0 Å². The number of carbonyl (C=O) groups is 2. The van der Waals surface area contributed by atoms with E-state index in [0.717, 1.165) is 23.3 Å². The van der Waals surface area contributed by atoms with Crippen LogP contribution in [0.15, 0.2) is 48.5 Å². The molecule has 2 aromatic carbocycles. The molecule has 0 saturated heterocycles. The van der Waals surface area contributed by atoms with Crippen LogP contribution in [-0.4, -0.2) is 34.9 Å². The summed E-state index contributed by atoms with van der Waals surface area (Å²) in [6.45, 7) is 3.04. The second-order valence-corrected chi connectivity index (χ2v) is 7.36. The van der Waals surface area contributed by atoms with Crippen LogP contribution < -0.4 is 10.6 Å². The van der Waals surface area contributed by atoms with E-state index < -0.39 is 42.5 Å². The van der Waals surface area contributed by atoms with Crippen LogP contribution in [0.2, 0.25) is 0 Å². The Balaban J connectivity index is 1.94. The third-order valence-corrected chi connectivity index (χ3v) is 4.77. The Kier molecular flexibility index (Phi) is 8.24. The number of benzene rings is 2. The van der Waals surface area contributed by atoms with Crippen molar-refractivity contribution in [3.8, 4) is 0 Å². The summed E-state index contributed by atoms with van der Waals surface area (Å²) in [5.74, 6) is -3.65. The molecule has 0 fully saturated rings. The van der Waals surface area contributed by atoms with Gasteiger partial charge < -0.3 is 20.7 Å². The average Bonchev–Trinajstić information content (AvgIpc) is 2.71. The Morgan fingerprint density at radius 3 is 2.26 bits per heavy atom. The van der Waals surface area contributed by atoms with Gasteiger partial charge in [0.1, 0.15) is 5.92 Å². The molecule has 0 aliphatic heterocycles. The molecule has 0 aliphatic rings. The highest BCUT2D eigenvalue weighted by atomic mass is 19.4. The van der Waals surface area contributed by atoms with Crippen LogP contribution in [0.25, 0.3) is 0 Å². The van der Waals surface area contributed by atoms with E-state index in [9.17, 15) is 32.8 Å². The van der Waals surface area contributed by atoms with Crippen molar-refractivity contribution in [2.45, 2.75) is 38.9 Å². The molecule has 0 spiro atoms. The zero-order valence-corrected chi connectivity index (χ0v) is 17.1. The molecule has 31 heavy (non-hydrogen) atoms. The largest absolute Gasteiger partial charge is 0.475 e. The van der Waals surface area contributed by atoms with Crippen LogP contribution in [0.5, 0.6) is 0 Å². The first-order valence-electron chi connectivity index (χ1n) is 9.63. The van der Waals surface area contributed by atoms with E-state index in [1.807, 2.05) is 19.1 Å². The monoisotopic (exact) mass is 436 g/mol. The molecule has 0 radical (unpaired) electrons. The number of amides is 2. The molecule has 0 aromatic heterocycles. The zero-order chi connectivity index (χ0) is 23.2. The number of nitrogens with one attached hydrogen (secondary N) is 2. The molecule has 4 N–H and O–H groups in total. The molecular weight excluding hydrogens is 412 g/mol. The summed E-state index contributed by atoms with van der Waals surface area (Å²) in [5.41, 5.74) is 1.20. The van der Waals surface area contributed by atoms with Crippen LogP contribution in [0.4, 0.5) is 13.2 Å². The van der Waals surface area contributed by atoms with Gasteiger partial charge in [-0.1, -0.05) is 42.0 Å². The van der Waals surface area contributed by atoms with Gasteiger partial charge in [-0.25, -0.2) is 0 Å². The molecule has 2 atom stereocenters. The number of hydrogen-bond donors (Lipinski definition) is 4. The first kappa shape index (κ1) is 24.4. The van der Waals surface area contributed by atoms with Gasteiger partial charge in [0.05, 0.1) is 11.5 Å². The molecule has 0 bridgehead atoms. The average molecular weight is 436 g/mol. The number of carbonyl (C=O) groups excluding carboxylic acids is 2. The molecule has 0 aliphatic carbocycles. The van der Waals surface area contributed by atoms with Gasteiger partial charge in [0.2, 0.25) is 11.8 Å². The highest BCUT2D eigenvalue weighted by molar-refractivity contribution is 6.43. The van der Waals surface area contributed by atoms with Crippen molar-refractivity contribution in [1.82, 2.24) is 10.6 Å². The molecule has 2 unspecified atom stereocenters. The van der Waals surface area contributed by atoms with Crippen molar-refractivity contribution >= 4 is 18.9 Å². The van der Waals surface area contributed by atoms with E-state index in [0.29, 0.717) is 0 Å². The maximum atomic E-state index is 12.8. The fraction of sp³-hybridized carbons (Fsp3) is 0.333. The normalized spacial score (nSPS) is 13.3. The van der Waals surface area contributed by atoms with E-state index in [2.05, 4.69) is 10.6 Å². The minimum absolute atomic E-state index is 0.141. The summed E-state index contributed by atoms with van der Waals surface area (Å²) < 4.78 is 38.3. The molecule has 6 nitrogen and oxygen atoms in total. The van der Waals surface area contributed by atoms with Crippen molar-refractivity contribution in [1.29, 1.82) is 0 Å². The number of hydrogen-bond acceptors (Lipinski definition) is 4. The van der Waals surface area contributed by atoms with Crippen molar-refractivity contribution in [3.05, 3.63) is 70.8 Å². The summed E-state index contributed by atoms with van der Waals surface area (Å²) >= 11 is 0. The second-order valence-electron chi connectivity index (χ2n) is 7.36. The van der Waals surface area contributed by atoms with Gasteiger partial charge in [-0.2, -0.15) is 13.2 Å². The minimum atomic E-state index is -4.50. The summed E-state index contributed by atoms with van der Waals surface area (Å²) in [4.78, 5) is 24.7.